The molecule has 2 nitrogen and oxygen atoms in total. The number of epoxide rings is 1. The third-order valence-electron chi connectivity index (χ3n) is 8.33. The van der Waals surface area contributed by atoms with Gasteiger partial charge in [0.1, 0.15) is 11.9 Å². The Labute approximate surface area is 225 Å². The van der Waals surface area contributed by atoms with Crippen molar-refractivity contribution >= 4 is 0 Å². The van der Waals surface area contributed by atoms with Crippen LogP contribution in [0.15, 0.2) is 42.5 Å². The SMILES string of the molecule is CCCC(O)c1ccc(CCC2CCC(c3ccc(-c4ccc(C5CO5)c(F)c4F)cc3F)CC2)c(F)c1F. The highest BCUT2D eigenvalue weighted by Crippen LogP contribution is 2.40. The van der Waals surface area contributed by atoms with E-state index in [9.17, 15) is 22.7 Å². The molecular weight excluding hydrogens is 511 g/mol. The molecular formula is C32H33F5O2. The van der Waals surface area contributed by atoms with Gasteiger partial charge in [0.05, 0.1) is 12.7 Å². The summed E-state index contributed by atoms with van der Waals surface area (Å²) < 4.78 is 78.4. The van der Waals surface area contributed by atoms with Gasteiger partial charge in [-0.1, -0.05) is 49.7 Å². The molecule has 5 rings (SSSR count). The smallest absolute Gasteiger partial charge is 0.167 e. The van der Waals surface area contributed by atoms with Crippen LogP contribution in [0, 0.1) is 35.0 Å². The fraction of sp³-hybridized carbons (Fsp3) is 0.438. The molecule has 39 heavy (non-hydrogen) atoms. The van der Waals surface area contributed by atoms with Crippen molar-refractivity contribution in [1.29, 1.82) is 0 Å². The van der Waals surface area contributed by atoms with Crippen molar-refractivity contribution in [2.45, 2.75) is 76.4 Å². The summed E-state index contributed by atoms with van der Waals surface area (Å²) in [5.41, 5.74) is 1.36. The third-order valence-corrected chi connectivity index (χ3v) is 8.33. The van der Waals surface area contributed by atoms with Crippen molar-refractivity contribution in [3.05, 3.63) is 93.8 Å². The fourth-order valence-electron chi connectivity index (χ4n) is 5.89. The van der Waals surface area contributed by atoms with Gasteiger partial charge in [-0.2, -0.15) is 0 Å². The van der Waals surface area contributed by atoms with Crippen LogP contribution in [0.25, 0.3) is 11.1 Å². The molecule has 0 amide bonds. The lowest BCUT2D eigenvalue weighted by Crippen LogP contribution is -2.15. The molecule has 2 unspecified atom stereocenters. The molecule has 2 atom stereocenters. The first-order valence-corrected chi connectivity index (χ1v) is 13.8. The van der Waals surface area contributed by atoms with E-state index >= 15 is 4.39 Å². The Kier molecular flexibility index (Phi) is 8.38. The summed E-state index contributed by atoms with van der Waals surface area (Å²) in [4.78, 5) is 0. The van der Waals surface area contributed by atoms with E-state index in [-0.39, 0.29) is 28.2 Å². The van der Waals surface area contributed by atoms with Crippen LogP contribution in [0.3, 0.4) is 0 Å². The molecule has 1 aliphatic heterocycles. The molecule has 0 radical (unpaired) electrons. The first-order chi connectivity index (χ1) is 18.8. The van der Waals surface area contributed by atoms with Crippen LogP contribution in [0.2, 0.25) is 0 Å². The lowest BCUT2D eigenvalue weighted by molar-refractivity contribution is 0.160. The molecule has 1 heterocycles. The zero-order valence-corrected chi connectivity index (χ0v) is 22.0. The Balaban J connectivity index is 1.19. The largest absolute Gasteiger partial charge is 0.388 e. The molecule has 2 fully saturated rings. The van der Waals surface area contributed by atoms with Gasteiger partial charge in [-0.25, -0.2) is 22.0 Å². The number of benzene rings is 3. The van der Waals surface area contributed by atoms with Crippen molar-refractivity contribution in [2.24, 2.45) is 5.92 Å². The molecule has 3 aromatic rings. The zero-order valence-electron chi connectivity index (χ0n) is 22.0. The van der Waals surface area contributed by atoms with E-state index < -0.39 is 41.3 Å². The number of aryl methyl sites for hydroxylation is 1. The van der Waals surface area contributed by atoms with Gasteiger partial charge < -0.3 is 9.84 Å². The van der Waals surface area contributed by atoms with Gasteiger partial charge in [-0.15, -0.1) is 0 Å². The Morgan fingerprint density at radius 2 is 1.56 bits per heavy atom. The van der Waals surface area contributed by atoms with Crippen molar-refractivity contribution in [3.63, 3.8) is 0 Å². The molecule has 2 aliphatic rings. The molecule has 7 heteroatoms. The summed E-state index contributed by atoms with van der Waals surface area (Å²) in [7, 11) is 0. The average Bonchev–Trinajstić information content (AvgIpc) is 3.77. The minimum atomic E-state index is -1.01. The molecule has 3 aromatic carbocycles. The maximum Gasteiger partial charge on any atom is 0.167 e. The second-order valence-corrected chi connectivity index (χ2v) is 10.9. The van der Waals surface area contributed by atoms with Crippen LogP contribution < -0.4 is 0 Å². The van der Waals surface area contributed by atoms with Crippen LogP contribution in [0.1, 0.15) is 92.2 Å². The second kappa shape index (κ2) is 11.8. The van der Waals surface area contributed by atoms with Crippen LogP contribution in [-0.2, 0) is 11.2 Å². The summed E-state index contributed by atoms with van der Waals surface area (Å²) >= 11 is 0. The molecule has 1 saturated heterocycles. The summed E-state index contributed by atoms with van der Waals surface area (Å²) in [6.45, 7) is 2.24. The number of hydrogen-bond donors (Lipinski definition) is 1. The predicted octanol–water partition coefficient (Wildman–Crippen LogP) is 8.86. The van der Waals surface area contributed by atoms with Gasteiger partial charge in [0.15, 0.2) is 23.3 Å². The van der Waals surface area contributed by atoms with Crippen LogP contribution in [0.5, 0.6) is 0 Å². The number of aliphatic hydroxyl groups excluding tert-OH is 1. The van der Waals surface area contributed by atoms with E-state index in [1.165, 1.54) is 24.3 Å². The molecule has 1 N–H and O–H groups in total. The van der Waals surface area contributed by atoms with Gasteiger partial charge >= 0.3 is 0 Å². The Morgan fingerprint density at radius 1 is 0.846 bits per heavy atom. The first kappa shape index (κ1) is 27.8. The normalized spacial score (nSPS) is 21.7. The Hall–Kier alpha value is -2.77. The second-order valence-electron chi connectivity index (χ2n) is 10.9. The maximum absolute atomic E-state index is 15.1. The lowest BCUT2D eigenvalue weighted by atomic mass is 9.76. The number of halogens is 5. The van der Waals surface area contributed by atoms with E-state index in [1.807, 2.05) is 6.92 Å². The summed E-state index contributed by atoms with van der Waals surface area (Å²) in [6.07, 6.45) is 3.94. The number of aliphatic hydroxyl groups is 1. The quantitative estimate of drug-likeness (QED) is 0.216. The van der Waals surface area contributed by atoms with E-state index in [1.54, 1.807) is 18.2 Å². The van der Waals surface area contributed by atoms with Crippen molar-refractivity contribution in [3.8, 4) is 11.1 Å². The summed E-state index contributed by atoms with van der Waals surface area (Å²) in [5, 5.41) is 10.0. The highest BCUT2D eigenvalue weighted by molar-refractivity contribution is 5.65. The third kappa shape index (κ3) is 5.90. The molecule has 1 aliphatic carbocycles. The molecule has 208 valence electrons. The van der Waals surface area contributed by atoms with Gasteiger partial charge in [-0.3, -0.25) is 0 Å². The minimum absolute atomic E-state index is 0.00407. The number of ether oxygens (including phenoxy) is 1. The first-order valence-electron chi connectivity index (χ1n) is 13.8. The highest BCUT2D eigenvalue weighted by atomic mass is 19.2. The zero-order chi connectivity index (χ0) is 27.7. The van der Waals surface area contributed by atoms with Crippen molar-refractivity contribution in [2.75, 3.05) is 6.61 Å². The van der Waals surface area contributed by atoms with Crippen LogP contribution >= 0.6 is 0 Å². The molecule has 0 bridgehead atoms. The summed E-state index contributed by atoms with van der Waals surface area (Å²) in [5.74, 6) is -3.91. The van der Waals surface area contributed by atoms with Gasteiger partial charge in [0, 0.05) is 16.7 Å². The topological polar surface area (TPSA) is 32.8 Å². The maximum atomic E-state index is 15.1. The lowest BCUT2D eigenvalue weighted by Gasteiger charge is -2.29. The van der Waals surface area contributed by atoms with E-state index in [0.717, 1.165) is 25.7 Å². The van der Waals surface area contributed by atoms with E-state index in [2.05, 4.69) is 0 Å². The molecule has 0 spiro atoms. The fourth-order valence-corrected chi connectivity index (χ4v) is 5.89. The van der Waals surface area contributed by atoms with Gasteiger partial charge in [0.2, 0.25) is 0 Å². The number of rotatable bonds is 9. The monoisotopic (exact) mass is 544 g/mol. The van der Waals surface area contributed by atoms with Crippen molar-refractivity contribution < 1.29 is 31.8 Å². The molecule has 0 aromatic heterocycles. The Morgan fingerprint density at radius 3 is 2.23 bits per heavy atom. The molecule has 1 saturated carbocycles. The standard InChI is InChI=1S/C32H33F5O2/c1-2-3-27(38)24-13-10-20(29(34)31(24)36)9-6-18-4-7-19(8-5-18)22-12-11-21(16-26(22)33)23-14-15-25(28-17-39-28)32(37)30(23)35/h10-16,18-19,27-28,38H,2-9,17H2,1H3. The minimum Gasteiger partial charge on any atom is -0.388 e. The van der Waals surface area contributed by atoms with Crippen LogP contribution in [-0.4, -0.2) is 11.7 Å². The van der Waals surface area contributed by atoms with Gasteiger partial charge in [0.25, 0.3) is 0 Å². The van der Waals surface area contributed by atoms with E-state index in [4.69, 9.17) is 4.74 Å². The number of hydrogen-bond acceptors (Lipinski definition) is 2. The van der Waals surface area contributed by atoms with E-state index in [0.29, 0.717) is 49.3 Å². The Bertz CT molecular complexity index is 1330. The van der Waals surface area contributed by atoms with Crippen molar-refractivity contribution in [1.82, 2.24) is 0 Å². The van der Waals surface area contributed by atoms with Crippen LogP contribution in [0.4, 0.5) is 22.0 Å². The average molecular weight is 545 g/mol. The summed E-state index contributed by atoms with van der Waals surface area (Å²) in [6, 6.07) is 10.6. The van der Waals surface area contributed by atoms with Gasteiger partial charge in [-0.05, 0) is 79.5 Å². The predicted molar refractivity (Wildman–Crippen MR) is 140 cm³/mol. The highest BCUT2D eigenvalue weighted by Gasteiger charge is 2.31.